The van der Waals surface area contributed by atoms with Gasteiger partial charge >= 0.3 is 6.36 Å². The molecule has 1 aromatic carbocycles. The summed E-state index contributed by atoms with van der Waals surface area (Å²) in [6, 6.07) is 9.07. The van der Waals surface area contributed by atoms with Gasteiger partial charge in [0.2, 0.25) is 0 Å². The van der Waals surface area contributed by atoms with Crippen molar-refractivity contribution in [1.29, 1.82) is 0 Å². The number of benzene rings is 1. The van der Waals surface area contributed by atoms with Crippen LogP contribution in [0.25, 0.3) is 0 Å². The maximum atomic E-state index is 12.0. The van der Waals surface area contributed by atoms with Crippen molar-refractivity contribution in [2.75, 3.05) is 5.32 Å². The molecule has 0 bridgehead atoms. The summed E-state index contributed by atoms with van der Waals surface area (Å²) >= 11 is 4.90. The van der Waals surface area contributed by atoms with Gasteiger partial charge in [0.1, 0.15) is 5.75 Å². The predicted molar refractivity (Wildman–Crippen MR) is 99.5 cm³/mol. The van der Waals surface area contributed by atoms with Crippen LogP contribution in [0.15, 0.2) is 45.2 Å². The fourth-order valence-corrected chi connectivity index (χ4v) is 2.93. The molecule has 0 radical (unpaired) electrons. The van der Waals surface area contributed by atoms with Crippen LogP contribution >= 0.6 is 51.2 Å². The van der Waals surface area contributed by atoms with Crippen LogP contribution in [0, 0.1) is 0 Å². The maximum absolute atomic E-state index is 12.0. The summed E-state index contributed by atoms with van der Waals surface area (Å²) in [6.07, 6.45) is -4.70. The van der Waals surface area contributed by atoms with Crippen molar-refractivity contribution in [3.63, 3.8) is 0 Å². The van der Waals surface area contributed by atoms with Crippen LogP contribution in [0.2, 0.25) is 0 Å². The fourth-order valence-electron chi connectivity index (χ4n) is 1.53. The Balaban J connectivity index is 0.00000264. The monoisotopic (exact) mass is 521 g/mol. The molecule has 1 heterocycles. The van der Waals surface area contributed by atoms with E-state index in [0.29, 0.717) is 12.2 Å². The first kappa shape index (κ1) is 20.0. The molecule has 0 spiro atoms. The van der Waals surface area contributed by atoms with E-state index in [1.165, 1.54) is 24.3 Å². The molecule has 3 N–H and O–H groups in total. The van der Waals surface area contributed by atoms with Crippen LogP contribution in [0.4, 0.5) is 18.9 Å². The van der Waals surface area contributed by atoms with Gasteiger partial charge in [-0.2, -0.15) is 0 Å². The van der Waals surface area contributed by atoms with Gasteiger partial charge in [-0.1, -0.05) is 0 Å². The van der Waals surface area contributed by atoms with E-state index in [2.05, 4.69) is 31.0 Å². The highest BCUT2D eigenvalue weighted by Crippen LogP contribution is 2.24. The fraction of sp³-hybridized carbons (Fsp3) is 0.154. The summed E-state index contributed by atoms with van der Waals surface area (Å²) in [5.74, 6) is -0.119. The van der Waals surface area contributed by atoms with Gasteiger partial charge in [-0.05, 0) is 52.3 Å². The molecule has 2 rings (SSSR count). The molecule has 126 valence electrons. The molecule has 23 heavy (non-hydrogen) atoms. The number of rotatable bonds is 4. The Bertz CT molecular complexity index is 661. The van der Waals surface area contributed by atoms with Crippen LogP contribution < -0.4 is 15.8 Å². The summed E-state index contributed by atoms with van der Waals surface area (Å²) < 4.78 is 40.9. The summed E-state index contributed by atoms with van der Waals surface area (Å²) in [7, 11) is 0. The second-order valence-corrected chi connectivity index (χ2v) is 6.65. The van der Waals surface area contributed by atoms with Gasteiger partial charge in [0, 0.05) is 10.6 Å². The summed E-state index contributed by atoms with van der Waals surface area (Å²) in [4.78, 5) is 5.18. The third-order valence-electron chi connectivity index (χ3n) is 2.39. The summed E-state index contributed by atoms with van der Waals surface area (Å²) in [5.41, 5.74) is 6.24. The number of hydrogen-bond acceptors (Lipinski definition) is 3. The minimum absolute atomic E-state index is 0. The van der Waals surface area contributed by atoms with E-state index in [4.69, 9.17) is 5.73 Å². The van der Waals surface area contributed by atoms with Gasteiger partial charge in [-0.15, -0.1) is 48.5 Å². The standard InChI is InChI=1S/C13H11BrF3N3OS.HI/c14-11-6-5-10(22-11)7-19-12(18)20-8-1-3-9(4-2-8)21-13(15,16)17;/h1-6H,7H2,(H3,18,19,20);1H. The Labute approximate surface area is 160 Å². The lowest BCUT2D eigenvalue weighted by Gasteiger charge is -2.10. The lowest BCUT2D eigenvalue weighted by atomic mass is 10.3. The second-order valence-electron chi connectivity index (χ2n) is 4.10. The first-order chi connectivity index (χ1) is 10.3. The van der Waals surface area contributed by atoms with Crippen molar-refractivity contribution in [3.8, 4) is 5.75 Å². The minimum atomic E-state index is -4.70. The zero-order valence-corrected chi connectivity index (χ0v) is 16.2. The highest BCUT2D eigenvalue weighted by molar-refractivity contribution is 14.0. The lowest BCUT2D eigenvalue weighted by molar-refractivity contribution is -0.274. The molecule has 4 nitrogen and oxygen atoms in total. The third kappa shape index (κ3) is 7.40. The van der Waals surface area contributed by atoms with Crippen molar-refractivity contribution in [1.82, 2.24) is 0 Å². The minimum Gasteiger partial charge on any atom is -0.406 e. The zero-order chi connectivity index (χ0) is 16.2. The number of anilines is 1. The molecule has 10 heteroatoms. The molecular formula is C13H12BrF3IN3OS. The van der Waals surface area contributed by atoms with E-state index in [1.54, 1.807) is 11.3 Å². The van der Waals surface area contributed by atoms with E-state index < -0.39 is 6.36 Å². The lowest BCUT2D eigenvalue weighted by Crippen LogP contribution is -2.22. The van der Waals surface area contributed by atoms with Gasteiger partial charge < -0.3 is 15.8 Å². The molecule has 0 atom stereocenters. The van der Waals surface area contributed by atoms with Gasteiger partial charge in [0.15, 0.2) is 5.96 Å². The highest BCUT2D eigenvalue weighted by atomic mass is 127. The van der Waals surface area contributed by atoms with Crippen LogP contribution in [0.3, 0.4) is 0 Å². The Hall–Kier alpha value is -1.01. The van der Waals surface area contributed by atoms with Crippen molar-refractivity contribution in [3.05, 3.63) is 45.1 Å². The normalized spacial score (nSPS) is 11.7. The highest BCUT2D eigenvalue weighted by Gasteiger charge is 2.30. The van der Waals surface area contributed by atoms with E-state index in [0.717, 1.165) is 8.66 Å². The van der Waals surface area contributed by atoms with Crippen molar-refractivity contribution in [2.45, 2.75) is 12.9 Å². The number of nitrogens with zero attached hydrogens (tertiary/aromatic N) is 1. The van der Waals surface area contributed by atoms with Gasteiger partial charge in [0.05, 0.1) is 10.3 Å². The number of nitrogens with one attached hydrogen (secondary N) is 1. The Morgan fingerprint density at radius 1 is 1.22 bits per heavy atom. The molecule has 1 aromatic heterocycles. The van der Waals surface area contributed by atoms with Crippen LogP contribution in [-0.4, -0.2) is 12.3 Å². The molecule has 0 saturated heterocycles. The maximum Gasteiger partial charge on any atom is 0.573 e. The predicted octanol–water partition coefficient (Wildman–Crippen LogP) is 4.95. The number of halogens is 5. The van der Waals surface area contributed by atoms with E-state index in [-0.39, 0.29) is 35.7 Å². The first-order valence-corrected chi connectivity index (χ1v) is 7.60. The molecule has 0 aliphatic carbocycles. The van der Waals surface area contributed by atoms with E-state index in [1.807, 2.05) is 12.1 Å². The van der Waals surface area contributed by atoms with Crippen molar-refractivity contribution >= 4 is 62.9 Å². The van der Waals surface area contributed by atoms with Crippen molar-refractivity contribution < 1.29 is 17.9 Å². The SMILES string of the molecule is I.NC(=NCc1ccc(Br)s1)Nc1ccc(OC(F)(F)F)cc1. The molecular weight excluding hydrogens is 510 g/mol. The Morgan fingerprint density at radius 2 is 1.87 bits per heavy atom. The Kier molecular flexibility index (Phi) is 7.61. The Morgan fingerprint density at radius 3 is 2.39 bits per heavy atom. The van der Waals surface area contributed by atoms with Crippen LogP contribution in [-0.2, 0) is 6.54 Å². The molecule has 0 aliphatic rings. The number of hydrogen-bond donors (Lipinski definition) is 2. The number of guanidine groups is 1. The molecule has 0 aliphatic heterocycles. The number of alkyl halides is 3. The molecule has 0 unspecified atom stereocenters. The van der Waals surface area contributed by atoms with E-state index >= 15 is 0 Å². The van der Waals surface area contributed by atoms with Gasteiger partial charge in [-0.25, -0.2) is 4.99 Å². The number of aliphatic imine (C=N–C) groups is 1. The van der Waals surface area contributed by atoms with Crippen LogP contribution in [0.5, 0.6) is 5.75 Å². The first-order valence-electron chi connectivity index (χ1n) is 5.99. The zero-order valence-electron chi connectivity index (χ0n) is 11.4. The third-order valence-corrected chi connectivity index (χ3v) is 4.00. The number of thiophene rings is 1. The van der Waals surface area contributed by atoms with Gasteiger partial charge in [-0.3, -0.25) is 0 Å². The topological polar surface area (TPSA) is 59.6 Å². The molecule has 2 aromatic rings. The number of ether oxygens (including phenoxy) is 1. The van der Waals surface area contributed by atoms with Gasteiger partial charge in [0.25, 0.3) is 0 Å². The average Bonchev–Trinajstić information content (AvgIpc) is 2.83. The van der Waals surface area contributed by atoms with Crippen molar-refractivity contribution in [2.24, 2.45) is 10.7 Å². The quantitative estimate of drug-likeness (QED) is 0.340. The summed E-state index contributed by atoms with van der Waals surface area (Å²) in [5, 5.41) is 2.79. The smallest absolute Gasteiger partial charge is 0.406 e. The molecule has 0 amide bonds. The average molecular weight is 522 g/mol. The summed E-state index contributed by atoms with van der Waals surface area (Å²) in [6.45, 7) is 0.421. The van der Waals surface area contributed by atoms with Crippen LogP contribution in [0.1, 0.15) is 4.88 Å². The van der Waals surface area contributed by atoms with E-state index in [9.17, 15) is 13.2 Å². The second kappa shape index (κ2) is 8.73. The number of nitrogens with two attached hydrogens (primary N) is 1. The molecule has 0 saturated carbocycles. The molecule has 0 fully saturated rings. The largest absolute Gasteiger partial charge is 0.573 e.